The average Bonchev–Trinajstić information content (AvgIpc) is 2.90. The van der Waals surface area contributed by atoms with Gasteiger partial charge in [0.1, 0.15) is 5.76 Å². The number of hydrogen-bond acceptors (Lipinski definition) is 3. The average molecular weight is 301 g/mol. The van der Waals surface area contributed by atoms with Gasteiger partial charge in [0.2, 0.25) is 5.91 Å². The highest BCUT2D eigenvalue weighted by Crippen LogP contribution is 2.16. The van der Waals surface area contributed by atoms with E-state index in [0.717, 1.165) is 18.7 Å². The molecular weight excluding hydrogens is 284 g/mol. The van der Waals surface area contributed by atoms with E-state index in [1.807, 2.05) is 19.2 Å². The molecule has 0 spiro atoms. The Bertz CT molecular complexity index is 386. The molecule has 0 aliphatic carbocycles. The van der Waals surface area contributed by atoms with Crippen molar-refractivity contribution < 1.29 is 9.21 Å². The monoisotopic (exact) mass is 300 g/mol. The Labute approximate surface area is 109 Å². The largest absolute Gasteiger partial charge is 0.452 e. The molecule has 1 aliphatic heterocycles. The van der Waals surface area contributed by atoms with Crippen molar-refractivity contribution in [2.24, 2.45) is 0 Å². The minimum absolute atomic E-state index is 0.164. The lowest BCUT2D eigenvalue weighted by atomic mass is 10.1. The molecule has 0 bridgehead atoms. The summed E-state index contributed by atoms with van der Waals surface area (Å²) < 4.78 is 6.08. The Morgan fingerprint density at radius 1 is 1.65 bits per heavy atom. The van der Waals surface area contributed by atoms with Gasteiger partial charge in [-0.15, -0.1) is 0 Å². The topological polar surface area (TPSA) is 45.5 Å². The maximum Gasteiger partial charge on any atom is 0.224 e. The van der Waals surface area contributed by atoms with Crippen molar-refractivity contribution in [1.29, 1.82) is 0 Å². The van der Waals surface area contributed by atoms with Gasteiger partial charge < -0.3 is 14.6 Å². The number of halogens is 1. The highest BCUT2D eigenvalue weighted by Gasteiger charge is 2.20. The molecular formula is C12H17BrN2O2. The summed E-state index contributed by atoms with van der Waals surface area (Å²) >= 11 is 3.25. The van der Waals surface area contributed by atoms with Gasteiger partial charge >= 0.3 is 0 Å². The molecule has 1 amide bonds. The molecule has 0 radical (unpaired) electrons. The van der Waals surface area contributed by atoms with E-state index in [4.69, 9.17) is 4.42 Å². The Hall–Kier alpha value is -0.810. The molecule has 1 aliphatic rings. The quantitative estimate of drug-likeness (QED) is 0.927. The summed E-state index contributed by atoms with van der Waals surface area (Å²) in [4.78, 5) is 13.7. The van der Waals surface area contributed by atoms with Gasteiger partial charge in [-0.25, -0.2) is 0 Å². The van der Waals surface area contributed by atoms with Crippen LogP contribution in [0.5, 0.6) is 0 Å². The third-order valence-electron chi connectivity index (χ3n) is 3.03. The van der Waals surface area contributed by atoms with Crippen molar-refractivity contribution in [1.82, 2.24) is 10.2 Å². The smallest absolute Gasteiger partial charge is 0.224 e. The van der Waals surface area contributed by atoms with Crippen molar-refractivity contribution in [2.45, 2.75) is 31.8 Å². The zero-order valence-electron chi connectivity index (χ0n) is 9.91. The molecule has 4 nitrogen and oxygen atoms in total. The first-order valence-corrected chi connectivity index (χ1v) is 6.66. The molecule has 1 saturated heterocycles. The van der Waals surface area contributed by atoms with Crippen molar-refractivity contribution in [3.8, 4) is 0 Å². The van der Waals surface area contributed by atoms with E-state index in [1.165, 1.54) is 6.42 Å². The molecule has 1 unspecified atom stereocenters. The van der Waals surface area contributed by atoms with Gasteiger partial charge in [0.05, 0.1) is 6.54 Å². The Morgan fingerprint density at radius 2 is 2.47 bits per heavy atom. The molecule has 5 heteroatoms. The zero-order valence-corrected chi connectivity index (χ0v) is 11.5. The van der Waals surface area contributed by atoms with Gasteiger partial charge in [-0.05, 0) is 47.4 Å². The Morgan fingerprint density at radius 3 is 3.06 bits per heavy atom. The molecule has 2 heterocycles. The van der Waals surface area contributed by atoms with Crippen LogP contribution < -0.4 is 5.32 Å². The van der Waals surface area contributed by atoms with Crippen molar-refractivity contribution in [3.05, 3.63) is 22.6 Å². The second kappa shape index (κ2) is 5.69. The van der Waals surface area contributed by atoms with Crippen molar-refractivity contribution >= 4 is 21.8 Å². The lowest BCUT2D eigenvalue weighted by Crippen LogP contribution is -2.33. The summed E-state index contributed by atoms with van der Waals surface area (Å²) in [7, 11) is 1.81. The number of rotatable bonds is 4. The highest BCUT2D eigenvalue weighted by molar-refractivity contribution is 9.10. The summed E-state index contributed by atoms with van der Waals surface area (Å²) in [5.74, 6) is 0.962. The van der Waals surface area contributed by atoms with Crippen molar-refractivity contribution in [2.75, 3.05) is 13.6 Å². The minimum atomic E-state index is 0.164. The van der Waals surface area contributed by atoms with Crippen molar-refractivity contribution in [3.63, 3.8) is 0 Å². The molecule has 0 saturated carbocycles. The number of hydrogen-bond donors (Lipinski definition) is 1. The fourth-order valence-corrected chi connectivity index (χ4v) is 2.40. The zero-order chi connectivity index (χ0) is 12.3. The number of nitrogens with zero attached hydrogens (tertiary/aromatic N) is 1. The second-order valence-corrected chi connectivity index (χ2v) is 5.23. The van der Waals surface area contributed by atoms with E-state index in [0.29, 0.717) is 23.7 Å². The van der Waals surface area contributed by atoms with Crippen LogP contribution in [0, 0.1) is 0 Å². The molecule has 1 aromatic heterocycles. The van der Waals surface area contributed by atoms with Gasteiger partial charge in [-0.1, -0.05) is 0 Å². The Balaban J connectivity index is 1.82. The van der Waals surface area contributed by atoms with E-state index < -0.39 is 0 Å². The van der Waals surface area contributed by atoms with E-state index in [2.05, 4.69) is 21.2 Å². The number of amides is 1. The molecule has 1 atom stereocenters. The lowest BCUT2D eigenvalue weighted by molar-refractivity contribution is -0.131. The molecule has 17 heavy (non-hydrogen) atoms. The Kier molecular flexibility index (Phi) is 4.23. The van der Waals surface area contributed by atoms with Crippen LogP contribution in [0.3, 0.4) is 0 Å². The summed E-state index contributed by atoms with van der Waals surface area (Å²) in [6, 6.07) is 4.07. The van der Waals surface area contributed by atoms with Crippen LogP contribution in [0.15, 0.2) is 21.2 Å². The lowest BCUT2D eigenvalue weighted by Gasteiger charge is -2.18. The predicted molar refractivity (Wildman–Crippen MR) is 68.5 cm³/mol. The van der Waals surface area contributed by atoms with E-state index >= 15 is 0 Å². The van der Waals surface area contributed by atoms with Crippen LogP contribution in [-0.2, 0) is 11.3 Å². The van der Waals surface area contributed by atoms with Gasteiger partial charge in [-0.3, -0.25) is 4.79 Å². The standard InChI is InChI=1S/C12H17BrN2O2/c1-15(8-10-4-5-11(13)17-10)12(16)7-9-3-2-6-14-9/h4-5,9,14H,2-3,6-8H2,1H3. The van der Waals surface area contributed by atoms with Gasteiger partial charge in [0.25, 0.3) is 0 Å². The normalized spacial score (nSPS) is 19.5. The fourth-order valence-electron chi connectivity index (χ4n) is 2.06. The summed E-state index contributed by atoms with van der Waals surface area (Å²) in [6.45, 7) is 1.56. The highest BCUT2D eigenvalue weighted by atomic mass is 79.9. The van der Waals surface area contributed by atoms with E-state index in [1.54, 1.807) is 4.90 Å². The van der Waals surface area contributed by atoms with Crippen LogP contribution >= 0.6 is 15.9 Å². The van der Waals surface area contributed by atoms with Gasteiger partial charge in [0.15, 0.2) is 4.67 Å². The van der Waals surface area contributed by atoms with Crippen LogP contribution in [0.2, 0.25) is 0 Å². The number of carbonyl (C=O) groups is 1. The molecule has 1 fully saturated rings. The minimum Gasteiger partial charge on any atom is -0.452 e. The van der Waals surface area contributed by atoms with Gasteiger partial charge in [0, 0.05) is 19.5 Å². The van der Waals surface area contributed by atoms with Crippen LogP contribution in [-0.4, -0.2) is 30.4 Å². The van der Waals surface area contributed by atoms with Crippen LogP contribution in [0.4, 0.5) is 0 Å². The fraction of sp³-hybridized carbons (Fsp3) is 0.583. The van der Waals surface area contributed by atoms with Gasteiger partial charge in [-0.2, -0.15) is 0 Å². The number of carbonyl (C=O) groups excluding carboxylic acids is 1. The molecule has 2 rings (SSSR count). The van der Waals surface area contributed by atoms with Crippen LogP contribution in [0.1, 0.15) is 25.0 Å². The third kappa shape index (κ3) is 3.57. The predicted octanol–water partition coefficient (Wildman–Crippen LogP) is 2.14. The molecule has 1 N–H and O–H groups in total. The first-order valence-electron chi connectivity index (χ1n) is 5.86. The third-order valence-corrected chi connectivity index (χ3v) is 3.46. The van der Waals surface area contributed by atoms with E-state index in [9.17, 15) is 4.79 Å². The first kappa shape index (κ1) is 12.6. The number of nitrogens with one attached hydrogen (secondary N) is 1. The first-order chi connectivity index (χ1) is 8.15. The summed E-state index contributed by atoms with van der Waals surface area (Å²) in [5.41, 5.74) is 0. The maximum absolute atomic E-state index is 11.9. The molecule has 0 aromatic carbocycles. The van der Waals surface area contributed by atoms with E-state index in [-0.39, 0.29) is 5.91 Å². The maximum atomic E-state index is 11.9. The molecule has 1 aromatic rings. The van der Waals surface area contributed by atoms with Crippen LogP contribution in [0.25, 0.3) is 0 Å². The summed E-state index contributed by atoms with van der Waals surface area (Å²) in [6.07, 6.45) is 2.86. The molecule has 94 valence electrons. The SMILES string of the molecule is CN(Cc1ccc(Br)o1)C(=O)CC1CCCN1. The number of furan rings is 1. The second-order valence-electron chi connectivity index (χ2n) is 4.45. The summed E-state index contributed by atoms with van der Waals surface area (Å²) in [5, 5.41) is 3.33.